The van der Waals surface area contributed by atoms with Crippen LogP contribution in [0.5, 0.6) is 5.75 Å². The van der Waals surface area contributed by atoms with Crippen molar-refractivity contribution >= 4 is 17.6 Å². The molecule has 12 heteroatoms. The molecule has 2 aliphatic heterocycles. The number of carbonyl (C=O) groups is 2. The number of anilines is 1. The molecule has 0 bridgehead atoms. The van der Waals surface area contributed by atoms with Crippen molar-refractivity contribution < 1.29 is 23.8 Å². The highest BCUT2D eigenvalue weighted by molar-refractivity contribution is 5.92. The van der Waals surface area contributed by atoms with Gasteiger partial charge < -0.3 is 29.8 Å². The lowest BCUT2D eigenvalue weighted by molar-refractivity contribution is -0.129. The van der Waals surface area contributed by atoms with Crippen molar-refractivity contribution in [3.05, 3.63) is 65.3 Å². The Hall–Kier alpha value is -4.03. The lowest BCUT2D eigenvalue weighted by Gasteiger charge is -2.31. The zero-order chi connectivity index (χ0) is 28.8. The Bertz CT molecular complexity index is 1350. The highest BCUT2D eigenvalue weighted by Crippen LogP contribution is 2.25. The van der Waals surface area contributed by atoms with Gasteiger partial charge >= 0.3 is 0 Å². The zero-order valence-electron chi connectivity index (χ0n) is 23.5. The molecule has 0 saturated carbocycles. The molecule has 1 unspecified atom stereocenters. The second-order valence-electron chi connectivity index (χ2n) is 10.6. The van der Waals surface area contributed by atoms with Crippen LogP contribution in [0.15, 0.2) is 41.4 Å². The SMILES string of the molecule is CC(=O)N1CCC(Nc2cc(C(=O)NCC(O)CN3CCc4cc(OCc5ocnc5C)ccc4C3)ncn2)CC1. The van der Waals surface area contributed by atoms with E-state index in [2.05, 4.69) is 42.6 Å². The molecule has 12 nitrogen and oxygen atoms in total. The minimum Gasteiger partial charge on any atom is -0.486 e. The van der Waals surface area contributed by atoms with Crippen molar-refractivity contribution in [2.75, 3.05) is 38.0 Å². The second-order valence-corrected chi connectivity index (χ2v) is 10.6. The summed E-state index contributed by atoms with van der Waals surface area (Å²) in [5.41, 5.74) is 3.49. The summed E-state index contributed by atoms with van der Waals surface area (Å²) in [6, 6.07) is 7.87. The lowest BCUT2D eigenvalue weighted by Crippen LogP contribution is -2.42. The van der Waals surface area contributed by atoms with E-state index in [0.29, 0.717) is 38.6 Å². The molecule has 1 saturated heterocycles. The van der Waals surface area contributed by atoms with Gasteiger partial charge in [0, 0.05) is 58.3 Å². The first-order chi connectivity index (χ1) is 19.8. The summed E-state index contributed by atoms with van der Waals surface area (Å²) in [6.45, 7) is 7.29. The van der Waals surface area contributed by atoms with Crippen LogP contribution in [0.25, 0.3) is 0 Å². The van der Waals surface area contributed by atoms with E-state index in [0.717, 1.165) is 43.0 Å². The van der Waals surface area contributed by atoms with Crippen molar-refractivity contribution in [3.8, 4) is 5.75 Å². The molecule has 2 aromatic heterocycles. The summed E-state index contributed by atoms with van der Waals surface area (Å²) in [7, 11) is 0. The van der Waals surface area contributed by atoms with E-state index >= 15 is 0 Å². The highest BCUT2D eigenvalue weighted by Gasteiger charge is 2.22. The van der Waals surface area contributed by atoms with E-state index in [4.69, 9.17) is 9.15 Å². The number of ether oxygens (including phenoxy) is 1. The van der Waals surface area contributed by atoms with Gasteiger partial charge in [-0.2, -0.15) is 0 Å². The number of benzene rings is 1. The number of β-amino-alcohol motifs (C(OH)–C–C–N with tert-alkyl or cyclic N) is 1. The molecule has 1 aromatic carbocycles. The number of aromatic nitrogens is 3. The van der Waals surface area contributed by atoms with Gasteiger partial charge in [-0.25, -0.2) is 15.0 Å². The molecular formula is C29H37N7O5. The standard InChI is InChI=1S/C29H37N7O5/c1-19-27(41-18-33-19)16-40-25-4-3-22-14-35(8-5-21(22)11-25)15-24(38)13-30-29(39)26-12-28(32-17-31-26)34-23-6-9-36(10-7-23)20(2)37/h3-4,11-12,17-18,23-24,38H,5-10,13-16H2,1-2H3,(H,30,39)(H,31,32,34). The van der Waals surface area contributed by atoms with Gasteiger partial charge in [0.05, 0.1) is 11.8 Å². The Morgan fingerprint density at radius 3 is 2.73 bits per heavy atom. The predicted molar refractivity (Wildman–Crippen MR) is 150 cm³/mol. The fraction of sp³-hybridized carbons (Fsp3) is 0.483. The maximum Gasteiger partial charge on any atom is 0.270 e. The van der Waals surface area contributed by atoms with E-state index in [-0.39, 0.29) is 30.1 Å². The maximum absolute atomic E-state index is 12.7. The molecule has 1 fully saturated rings. The number of nitrogens with one attached hydrogen (secondary N) is 2. The van der Waals surface area contributed by atoms with Crippen LogP contribution in [0.4, 0.5) is 5.82 Å². The fourth-order valence-electron chi connectivity index (χ4n) is 5.22. The summed E-state index contributed by atoms with van der Waals surface area (Å²) < 4.78 is 11.2. The van der Waals surface area contributed by atoms with Crippen molar-refractivity contribution in [1.82, 2.24) is 30.1 Å². The summed E-state index contributed by atoms with van der Waals surface area (Å²) in [4.78, 5) is 40.7. The largest absolute Gasteiger partial charge is 0.486 e. The van der Waals surface area contributed by atoms with Crippen LogP contribution in [-0.2, 0) is 24.4 Å². The molecule has 0 spiro atoms. The average molecular weight is 564 g/mol. The summed E-state index contributed by atoms with van der Waals surface area (Å²) in [5, 5.41) is 16.8. The normalized spacial score (nSPS) is 16.6. The second kappa shape index (κ2) is 13.1. The van der Waals surface area contributed by atoms with E-state index in [1.165, 1.54) is 23.8 Å². The number of fused-ring (bicyclic) bond motifs is 1. The number of oxazole rings is 1. The number of rotatable bonds is 10. The van der Waals surface area contributed by atoms with Gasteiger partial charge in [-0.05, 0) is 49.4 Å². The van der Waals surface area contributed by atoms with Gasteiger partial charge in [-0.3, -0.25) is 14.5 Å². The van der Waals surface area contributed by atoms with Gasteiger partial charge in [-0.15, -0.1) is 0 Å². The number of hydrogen-bond acceptors (Lipinski definition) is 10. The van der Waals surface area contributed by atoms with Crippen LogP contribution in [0, 0.1) is 6.92 Å². The molecule has 0 radical (unpaired) electrons. The minimum atomic E-state index is -0.723. The number of amides is 2. The molecule has 218 valence electrons. The highest BCUT2D eigenvalue weighted by atomic mass is 16.5. The molecular weight excluding hydrogens is 526 g/mol. The van der Waals surface area contributed by atoms with Crippen LogP contribution in [-0.4, -0.2) is 86.5 Å². The topological polar surface area (TPSA) is 146 Å². The minimum absolute atomic E-state index is 0.0895. The first-order valence-corrected chi connectivity index (χ1v) is 14.0. The predicted octanol–water partition coefficient (Wildman–Crippen LogP) is 1.92. The number of carbonyl (C=O) groups excluding carboxylic acids is 2. The third kappa shape index (κ3) is 7.59. The van der Waals surface area contributed by atoms with E-state index in [1.807, 2.05) is 17.9 Å². The monoisotopic (exact) mass is 563 g/mol. The Kier molecular flexibility index (Phi) is 9.10. The van der Waals surface area contributed by atoms with Crippen LogP contribution < -0.4 is 15.4 Å². The van der Waals surface area contributed by atoms with Gasteiger partial charge in [0.2, 0.25) is 5.91 Å². The first-order valence-electron chi connectivity index (χ1n) is 14.0. The van der Waals surface area contributed by atoms with Gasteiger partial charge in [0.25, 0.3) is 5.91 Å². The molecule has 41 heavy (non-hydrogen) atoms. The summed E-state index contributed by atoms with van der Waals surface area (Å²) >= 11 is 0. The molecule has 0 aliphatic carbocycles. The molecule has 3 N–H and O–H groups in total. The van der Waals surface area contributed by atoms with Crippen LogP contribution in [0.3, 0.4) is 0 Å². The molecule has 3 aromatic rings. The van der Waals surface area contributed by atoms with Gasteiger partial charge in [0.1, 0.15) is 30.2 Å². The summed E-state index contributed by atoms with van der Waals surface area (Å²) in [6.07, 6.45) is 4.53. The molecule has 4 heterocycles. The Labute approximate surface area is 239 Å². The lowest BCUT2D eigenvalue weighted by atomic mass is 9.99. The number of likely N-dealkylation sites (tertiary alicyclic amines) is 1. The number of aliphatic hydroxyl groups excluding tert-OH is 1. The Morgan fingerprint density at radius 2 is 1.98 bits per heavy atom. The van der Waals surface area contributed by atoms with Gasteiger partial charge in [-0.1, -0.05) is 6.07 Å². The Balaban J connectivity index is 1.05. The first kappa shape index (κ1) is 28.5. The number of nitrogens with zero attached hydrogens (tertiary/aromatic N) is 5. The van der Waals surface area contributed by atoms with Crippen LogP contribution >= 0.6 is 0 Å². The van der Waals surface area contributed by atoms with Crippen molar-refractivity contribution in [3.63, 3.8) is 0 Å². The van der Waals surface area contributed by atoms with Crippen molar-refractivity contribution in [2.45, 2.75) is 58.4 Å². The van der Waals surface area contributed by atoms with Crippen molar-refractivity contribution in [1.29, 1.82) is 0 Å². The van der Waals surface area contributed by atoms with Crippen LogP contribution in [0.2, 0.25) is 0 Å². The third-order valence-electron chi connectivity index (χ3n) is 7.64. The number of aliphatic hydroxyl groups is 1. The van der Waals surface area contributed by atoms with Crippen molar-refractivity contribution in [2.24, 2.45) is 0 Å². The molecule has 2 aliphatic rings. The van der Waals surface area contributed by atoms with Gasteiger partial charge in [0.15, 0.2) is 12.2 Å². The summed E-state index contributed by atoms with van der Waals surface area (Å²) in [5.74, 6) is 1.80. The average Bonchev–Trinajstić information content (AvgIpc) is 3.39. The third-order valence-corrected chi connectivity index (χ3v) is 7.64. The molecule has 1 atom stereocenters. The van der Waals surface area contributed by atoms with E-state index < -0.39 is 6.10 Å². The number of piperidine rings is 1. The fourth-order valence-corrected chi connectivity index (χ4v) is 5.22. The smallest absolute Gasteiger partial charge is 0.270 e. The van der Waals surface area contributed by atoms with E-state index in [1.54, 1.807) is 13.0 Å². The number of hydrogen-bond donors (Lipinski definition) is 3. The quantitative estimate of drug-likeness (QED) is 0.334. The number of aryl methyl sites for hydroxylation is 1. The maximum atomic E-state index is 12.7. The Morgan fingerprint density at radius 1 is 1.15 bits per heavy atom. The zero-order valence-corrected chi connectivity index (χ0v) is 23.5. The molecule has 2 amide bonds. The van der Waals surface area contributed by atoms with Crippen LogP contribution in [0.1, 0.15) is 52.8 Å². The molecule has 5 rings (SSSR count). The van der Waals surface area contributed by atoms with E-state index in [9.17, 15) is 14.7 Å².